The maximum Gasteiger partial charge on any atom is 0.237 e. The van der Waals surface area contributed by atoms with E-state index in [0.29, 0.717) is 25.4 Å². The average molecular weight is 433 g/mol. The predicted octanol–water partition coefficient (Wildman–Crippen LogP) is 2.91. The smallest absolute Gasteiger partial charge is 0.237 e. The number of aromatic nitrogens is 1. The molecule has 1 fully saturated rings. The molecule has 0 spiro atoms. The number of nitrogens with zero attached hydrogens (tertiary/aromatic N) is 2. The number of nitrogens with one attached hydrogen (secondary N) is 2. The Labute approximate surface area is 187 Å². The maximum absolute atomic E-state index is 12.5. The summed E-state index contributed by atoms with van der Waals surface area (Å²) >= 11 is 0. The highest BCUT2D eigenvalue weighted by Crippen LogP contribution is 2.21. The minimum absolute atomic E-state index is 0.0999. The van der Waals surface area contributed by atoms with Gasteiger partial charge < -0.3 is 15.2 Å². The monoisotopic (exact) mass is 432 g/mol. The second kappa shape index (κ2) is 10.2. The number of amides is 2. The van der Waals surface area contributed by atoms with Crippen molar-refractivity contribution in [3.05, 3.63) is 77.7 Å². The number of rotatable bonds is 8. The molecular formula is C25H28N4O3. The molecule has 7 heteroatoms. The van der Waals surface area contributed by atoms with Crippen LogP contribution in [0, 0.1) is 0 Å². The second-order valence-electron chi connectivity index (χ2n) is 7.96. The van der Waals surface area contributed by atoms with Gasteiger partial charge in [-0.2, -0.15) is 0 Å². The quantitative estimate of drug-likeness (QED) is 0.572. The molecule has 1 aromatic heterocycles. The highest BCUT2D eigenvalue weighted by Gasteiger charge is 2.31. The van der Waals surface area contributed by atoms with Gasteiger partial charge in [0.25, 0.3) is 0 Å². The molecule has 2 N–H and O–H groups in total. The average Bonchev–Trinajstić information content (AvgIpc) is 3.29. The number of hydrogen-bond acceptors (Lipinski definition) is 5. The molecule has 4 rings (SSSR count). The van der Waals surface area contributed by atoms with Crippen LogP contribution in [0.2, 0.25) is 0 Å². The molecule has 1 aliphatic heterocycles. The molecule has 2 amide bonds. The molecule has 1 saturated heterocycles. The Kier molecular flexibility index (Phi) is 6.97. The highest BCUT2D eigenvalue weighted by atomic mass is 16.5. The van der Waals surface area contributed by atoms with Crippen molar-refractivity contribution >= 4 is 11.8 Å². The number of benzene rings is 2. The molecule has 1 aliphatic rings. The highest BCUT2D eigenvalue weighted by molar-refractivity contribution is 5.88. The summed E-state index contributed by atoms with van der Waals surface area (Å²) in [5, 5.41) is 9.64. The van der Waals surface area contributed by atoms with Gasteiger partial charge in [-0.3, -0.25) is 14.5 Å². The van der Waals surface area contributed by atoms with E-state index in [0.717, 1.165) is 23.2 Å². The normalized spacial score (nSPS) is 16.5. The van der Waals surface area contributed by atoms with Crippen LogP contribution in [0.5, 0.6) is 0 Å². The third kappa shape index (κ3) is 5.42. The number of piperazine rings is 1. The van der Waals surface area contributed by atoms with E-state index in [4.69, 9.17) is 4.52 Å². The van der Waals surface area contributed by atoms with Gasteiger partial charge in [-0.1, -0.05) is 66.7 Å². The van der Waals surface area contributed by atoms with E-state index in [1.807, 2.05) is 31.2 Å². The molecule has 0 aliphatic carbocycles. The van der Waals surface area contributed by atoms with Crippen LogP contribution in [0.4, 0.5) is 0 Å². The van der Waals surface area contributed by atoms with Crippen molar-refractivity contribution in [2.45, 2.75) is 38.9 Å². The lowest BCUT2D eigenvalue weighted by Gasteiger charge is -2.34. The molecule has 0 saturated carbocycles. The van der Waals surface area contributed by atoms with Crippen LogP contribution in [-0.4, -0.2) is 41.0 Å². The fourth-order valence-electron chi connectivity index (χ4n) is 3.88. The topological polar surface area (TPSA) is 87.5 Å². The Balaban J connectivity index is 1.36. The van der Waals surface area contributed by atoms with Crippen molar-refractivity contribution in [3.63, 3.8) is 0 Å². The van der Waals surface area contributed by atoms with Crippen molar-refractivity contribution in [1.29, 1.82) is 0 Å². The molecule has 0 unspecified atom stereocenters. The van der Waals surface area contributed by atoms with Crippen molar-refractivity contribution in [2.75, 3.05) is 13.1 Å². The third-order valence-electron chi connectivity index (χ3n) is 5.70. The second-order valence-corrected chi connectivity index (χ2v) is 7.96. The summed E-state index contributed by atoms with van der Waals surface area (Å²) in [6.07, 6.45) is 0.879. The molecule has 166 valence electrons. The summed E-state index contributed by atoms with van der Waals surface area (Å²) < 4.78 is 5.20. The van der Waals surface area contributed by atoms with E-state index < -0.39 is 6.04 Å². The van der Waals surface area contributed by atoms with Crippen LogP contribution in [0.25, 0.3) is 11.1 Å². The standard InChI is InChI=1S/C25H28N4O3/c1-2-21-14-22(32-28-21)16-27-24(30)15-23-25(31)26-12-13-29(23)17-18-8-10-20(11-9-18)19-6-4-3-5-7-19/h3-11,14,23H,2,12-13,15-17H2,1H3,(H,26,31)(H,27,30)/t23-/m1/s1. The summed E-state index contributed by atoms with van der Waals surface area (Å²) in [4.78, 5) is 27.1. The van der Waals surface area contributed by atoms with Gasteiger partial charge in [-0.25, -0.2) is 0 Å². The Morgan fingerprint density at radius 2 is 1.91 bits per heavy atom. The van der Waals surface area contributed by atoms with Gasteiger partial charge >= 0.3 is 0 Å². The first-order valence-corrected chi connectivity index (χ1v) is 11.0. The van der Waals surface area contributed by atoms with Gasteiger partial charge in [0, 0.05) is 25.7 Å². The molecule has 0 radical (unpaired) electrons. The lowest BCUT2D eigenvalue weighted by molar-refractivity contribution is -0.134. The Hall–Kier alpha value is -3.45. The minimum Gasteiger partial charge on any atom is -0.359 e. The maximum atomic E-state index is 12.5. The fourth-order valence-corrected chi connectivity index (χ4v) is 3.88. The van der Waals surface area contributed by atoms with E-state index in [9.17, 15) is 9.59 Å². The van der Waals surface area contributed by atoms with E-state index >= 15 is 0 Å². The van der Waals surface area contributed by atoms with Crippen LogP contribution < -0.4 is 10.6 Å². The first-order chi connectivity index (χ1) is 15.6. The van der Waals surface area contributed by atoms with Crippen molar-refractivity contribution < 1.29 is 14.1 Å². The molecule has 3 aromatic rings. The van der Waals surface area contributed by atoms with E-state index in [-0.39, 0.29) is 24.8 Å². The number of aryl methyl sites for hydroxylation is 1. The van der Waals surface area contributed by atoms with Crippen LogP contribution in [0.15, 0.2) is 65.2 Å². The first kappa shape index (κ1) is 21.8. The molecule has 2 heterocycles. The summed E-state index contributed by atoms with van der Waals surface area (Å²) in [5.41, 5.74) is 4.29. The number of carbonyl (C=O) groups excluding carboxylic acids is 2. The van der Waals surface area contributed by atoms with Gasteiger partial charge in [0.2, 0.25) is 11.8 Å². The third-order valence-corrected chi connectivity index (χ3v) is 5.70. The molecule has 7 nitrogen and oxygen atoms in total. The van der Waals surface area contributed by atoms with Gasteiger partial charge in [0.05, 0.1) is 24.7 Å². The number of hydrogen-bond donors (Lipinski definition) is 2. The van der Waals surface area contributed by atoms with Crippen LogP contribution in [-0.2, 0) is 29.1 Å². The Bertz CT molecular complexity index is 1050. The summed E-state index contributed by atoms with van der Waals surface area (Å²) in [6.45, 7) is 4.15. The van der Waals surface area contributed by atoms with Crippen molar-refractivity contribution in [2.24, 2.45) is 0 Å². The van der Waals surface area contributed by atoms with Crippen molar-refractivity contribution in [1.82, 2.24) is 20.7 Å². The Morgan fingerprint density at radius 1 is 1.16 bits per heavy atom. The fraction of sp³-hybridized carbons (Fsp3) is 0.320. The SMILES string of the molecule is CCc1cc(CNC(=O)C[C@@H]2C(=O)NCCN2Cc2ccc(-c3ccccc3)cc2)on1. The molecular weight excluding hydrogens is 404 g/mol. The molecule has 2 aromatic carbocycles. The van der Waals surface area contributed by atoms with E-state index in [2.05, 4.69) is 57.1 Å². The van der Waals surface area contributed by atoms with E-state index in [1.165, 1.54) is 5.56 Å². The zero-order valence-corrected chi connectivity index (χ0v) is 18.2. The lowest BCUT2D eigenvalue weighted by atomic mass is 10.0. The van der Waals surface area contributed by atoms with Crippen LogP contribution in [0.1, 0.15) is 30.4 Å². The van der Waals surface area contributed by atoms with Crippen LogP contribution in [0.3, 0.4) is 0 Å². The minimum atomic E-state index is -0.501. The first-order valence-electron chi connectivity index (χ1n) is 11.0. The predicted molar refractivity (Wildman–Crippen MR) is 121 cm³/mol. The summed E-state index contributed by atoms with van der Waals surface area (Å²) in [5.74, 6) is 0.310. The van der Waals surface area contributed by atoms with Gasteiger partial charge in [0.15, 0.2) is 5.76 Å². The number of carbonyl (C=O) groups is 2. The zero-order chi connectivity index (χ0) is 22.3. The Morgan fingerprint density at radius 3 is 2.62 bits per heavy atom. The molecule has 32 heavy (non-hydrogen) atoms. The van der Waals surface area contributed by atoms with Gasteiger partial charge in [-0.15, -0.1) is 0 Å². The molecule has 0 bridgehead atoms. The van der Waals surface area contributed by atoms with Crippen LogP contribution >= 0.6 is 0 Å². The molecule has 1 atom stereocenters. The summed E-state index contributed by atoms with van der Waals surface area (Å²) in [6, 6.07) is 19.9. The van der Waals surface area contributed by atoms with Crippen molar-refractivity contribution in [3.8, 4) is 11.1 Å². The lowest BCUT2D eigenvalue weighted by Crippen LogP contribution is -2.56. The largest absolute Gasteiger partial charge is 0.359 e. The summed E-state index contributed by atoms with van der Waals surface area (Å²) in [7, 11) is 0. The zero-order valence-electron chi connectivity index (χ0n) is 18.2. The van der Waals surface area contributed by atoms with E-state index in [1.54, 1.807) is 0 Å². The van der Waals surface area contributed by atoms with Gasteiger partial charge in [0.1, 0.15) is 0 Å². The van der Waals surface area contributed by atoms with Gasteiger partial charge in [-0.05, 0) is 23.1 Å².